The molecular weight excluding hydrogens is 257 g/mol. The molecule has 17 heavy (non-hydrogen) atoms. The van der Waals surface area contributed by atoms with Gasteiger partial charge in [-0.05, 0) is 24.3 Å². The molecule has 0 saturated carbocycles. The minimum Gasteiger partial charge on any atom is -0.353 e. The number of anilines is 2. The molecule has 0 aliphatic heterocycles. The maximum atomic E-state index is 8.93. The van der Waals surface area contributed by atoms with Gasteiger partial charge in [-0.1, -0.05) is 23.2 Å². The van der Waals surface area contributed by atoms with Crippen LogP contribution in [0, 0.1) is 11.3 Å². The Morgan fingerprint density at radius 3 is 2.71 bits per heavy atom. The number of nitrogens with zero attached hydrogens (tertiary/aromatic N) is 2. The highest BCUT2D eigenvalue weighted by Crippen LogP contribution is 2.27. The monoisotopic (exact) mass is 263 g/mol. The number of nitriles is 1. The van der Waals surface area contributed by atoms with Gasteiger partial charge in [0.2, 0.25) is 0 Å². The molecule has 0 saturated heterocycles. The number of rotatable bonds is 2. The molecule has 0 unspecified atom stereocenters. The van der Waals surface area contributed by atoms with Gasteiger partial charge in [-0.25, -0.2) is 0 Å². The molecule has 5 heteroatoms. The molecule has 0 radical (unpaired) electrons. The first-order valence-corrected chi connectivity index (χ1v) is 5.52. The lowest BCUT2D eigenvalue weighted by Crippen LogP contribution is -1.94. The standard InChI is InChI=1S/C12H7Cl2N3/c13-10-2-1-9(5-11(10)14)17-12-7-16-4-3-8(12)6-15/h1-5,7,17H. The van der Waals surface area contributed by atoms with E-state index in [1.807, 2.05) is 0 Å². The van der Waals surface area contributed by atoms with Crippen molar-refractivity contribution in [2.75, 3.05) is 5.32 Å². The first kappa shape index (κ1) is 11.7. The van der Waals surface area contributed by atoms with Gasteiger partial charge in [-0.3, -0.25) is 4.98 Å². The van der Waals surface area contributed by atoms with Gasteiger partial charge in [0.05, 0.1) is 27.5 Å². The van der Waals surface area contributed by atoms with Crippen molar-refractivity contribution in [1.82, 2.24) is 4.98 Å². The van der Waals surface area contributed by atoms with E-state index in [4.69, 9.17) is 28.5 Å². The smallest absolute Gasteiger partial charge is 0.101 e. The Morgan fingerprint density at radius 2 is 2.00 bits per heavy atom. The van der Waals surface area contributed by atoms with Gasteiger partial charge >= 0.3 is 0 Å². The van der Waals surface area contributed by atoms with Crippen molar-refractivity contribution < 1.29 is 0 Å². The Hall–Kier alpha value is -1.76. The van der Waals surface area contributed by atoms with Gasteiger partial charge in [0.15, 0.2) is 0 Å². The van der Waals surface area contributed by atoms with E-state index in [-0.39, 0.29) is 0 Å². The molecule has 84 valence electrons. The van der Waals surface area contributed by atoms with E-state index in [1.54, 1.807) is 36.7 Å². The predicted molar refractivity (Wildman–Crippen MR) is 68.7 cm³/mol. The molecule has 0 atom stereocenters. The zero-order valence-corrected chi connectivity index (χ0v) is 10.1. The summed E-state index contributed by atoms with van der Waals surface area (Å²) in [6.45, 7) is 0. The van der Waals surface area contributed by atoms with Crippen molar-refractivity contribution in [2.45, 2.75) is 0 Å². The summed E-state index contributed by atoms with van der Waals surface area (Å²) in [5, 5.41) is 12.9. The summed E-state index contributed by atoms with van der Waals surface area (Å²) in [4.78, 5) is 3.96. The van der Waals surface area contributed by atoms with Crippen molar-refractivity contribution in [1.29, 1.82) is 5.26 Å². The molecule has 0 amide bonds. The molecule has 0 spiro atoms. The summed E-state index contributed by atoms with van der Waals surface area (Å²) < 4.78 is 0. The zero-order valence-electron chi connectivity index (χ0n) is 8.61. The summed E-state index contributed by atoms with van der Waals surface area (Å²) >= 11 is 11.7. The number of benzene rings is 1. The highest BCUT2D eigenvalue weighted by Gasteiger charge is 2.03. The predicted octanol–water partition coefficient (Wildman–Crippen LogP) is 4.00. The largest absolute Gasteiger partial charge is 0.353 e. The van der Waals surface area contributed by atoms with E-state index in [0.717, 1.165) is 5.69 Å². The summed E-state index contributed by atoms with van der Waals surface area (Å²) in [5.74, 6) is 0. The van der Waals surface area contributed by atoms with Crippen LogP contribution in [-0.2, 0) is 0 Å². The lowest BCUT2D eigenvalue weighted by molar-refractivity contribution is 1.30. The minimum absolute atomic E-state index is 0.457. The summed E-state index contributed by atoms with van der Waals surface area (Å²) in [6, 6.07) is 8.88. The molecule has 1 heterocycles. The molecule has 0 bridgehead atoms. The number of aromatic nitrogens is 1. The molecule has 0 aliphatic rings. The fourth-order valence-corrected chi connectivity index (χ4v) is 1.62. The van der Waals surface area contributed by atoms with Crippen LogP contribution in [0.2, 0.25) is 10.0 Å². The van der Waals surface area contributed by atoms with E-state index in [9.17, 15) is 0 Å². The summed E-state index contributed by atoms with van der Waals surface area (Å²) in [6.07, 6.45) is 3.15. The fraction of sp³-hybridized carbons (Fsp3) is 0. The lowest BCUT2D eigenvalue weighted by Gasteiger charge is -2.08. The van der Waals surface area contributed by atoms with Crippen molar-refractivity contribution in [3.05, 3.63) is 52.3 Å². The van der Waals surface area contributed by atoms with Crippen molar-refractivity contribution in [2.24, 2.45) is 0 Å². The maximum Gasteiger partial charge on any atom is 0.101 e. The van der Waals surface area contributed by atoms with Crippen LogP contribution in [0.1, 0.15) is 5.56 Å². The average Bonchev–Trinajstić information content (AvgIpc) is 2.34. The molecule has 1 aromatic carbocycles. The van der Waals surface area contributed by atoms with Crippen LogP contribution in [0.5, 0.6) is 0 Å². The number of pyridine rings is 1. The van der Waals surface area contributed by atoms with Gasteiger partial charge in [-0.15, -0.1) is 0 Å². The van der Waals surface area contributed by atoms with Gasteiger partial charge in [-0.2, -0.15) is 5.26 Å². The van der Waals surface area contributed by atoms with Crippen LogP contribution >= 0.6 is 23.2 Å². The van der Waals surface area contributed by atoms with Crippen molar-refractivity contribution in [3.8, 4) is 6.07 Å². The van der Waals surface area contributed by atoms with Gasteiger partial charge in [0.25, 0.3) is 0 Å². The van der Waals surface area contributed by atoms with Gasteiger partial charge in [0, 0.05) is 11.9 Å². The van der Waals surface area contributed by atoms with Crippen molar-refractivity contribution >= 4 is 34.6 Å². The van der Waals surface area contributed by atoms with Crippen LogP contribution in [-0.4, -0.2) is 4.98 Å². The lowest BCUT2D eigenvalue weighted by atomic mass is 10.2. The molecule has 2 rings (SSSR count). The highest BCUT2D eigenvalue weighted by atomic mass is 35.5. The highest BCUT2D eigenvalue weighted by molar-refractivity contribution is 6.42. The first-order valence-electron chi connectivity index (χ1n) is 4.77. The zero-order chi connectivity index (χ0) is 12.3. The van der Waals surface area contributed by atoms with E-state index < -0.39 is 0 Å². The first-order chi connectivity index (χ1) is 8.20. The average molecular weight is 264 g/mol. The van der Waals surface area contributed by atoms with Crippen LogP contribution in [0.3, 0.4) is 0 Å². The van der Waals surface area contributed by atoms with Crippen LogP contribution in [0.4, 0.5) is 11.4 Å². The number of hydrogen-bond acceptors (Lipinski definition) is 3. The topological polar surface area (TPSA) is 48.7 Å². The summed E-state index contributed by atoms with van der Waals surface area (Å²) in [7, 11) is 0. The quantitative estimate of drug-likeness (QED) is 0.891. The van der Waals surface area contributed by atoms with Gasteiger partial charge < -0.3 is 5.32 Å². The number of hydrogen-bond donors (Lipinski definition) is 1. The molecule has 0 aliphatic carbocycles. The molecular formula is C12H7Cl2N3. The van der Waals surface area contributed by atoms with E-state index in [2.05, 4.69) is 16.4 Å². The second-order valence-corrected chi connectivity index (χ2v) is 4.10. The molecule has 1 N–H and O–H groups in total. The third-order valence-corrected chi connectivity index (χ3v) is 2.88. The fourth-order valence-electron chi connectivity index (χ4n) is 1.32. The SMILES string of the molecule is N#Cc1ccncc1Nc1ccc(Cl)c(Cl)c1. The number of nitrogens with one attached hydrogen (secondary N) is 1. The number of halogens is 2. The maximum absolute atomic E-state index is 8.93. The Balaban J connectivity index is 2.32. The van der Waals surface area contributed by atoms with E-state index in [0.29, 0.717) is 21.3 Å². The van der Waals surface area contributed by atoms with E-state index in [1.165, 1.54) is 0 Å². The second kappa shape index (κ2) is 5.05. The Bertz CT molecular complexity index is 591. The van der Waals surface area contributed by atoms with Crippen LogP contribution < -0.4 is 5.32 Å². The van der Waals surface area contributed by atoms with E-state index >= 15 is 0 Å². The normalized spacial score (nSPS) is 9.71. The third-order valence-electron chi connectivity index (χ3n) is 2.14. The minimum atomic E-state index is 0.457. The molecule has 2 aromatic rings. The molecule has 0 fully saturated rings. The molecule has 1 aromatic heterocycles. The Morgan fingerprint density at radius 1 is 1.18 bits per heavy atom. The second-order valence-electron chi connectivity index (χ2n) is 3.29. The van der Waals surface area contributed by atoms with Gasteiger partial charge in [0.1, 0.15) is 6.07 Å². The molecule has 3 nitrogen and oxygen atoms in total. The summed E-state index contributed by atoms with van der Waals surface area (Å²) in [5.41, 5.74) is 1.91. The van der Waals surface area contributed by atoms with Crippen LogP contribution in [0.15, 0.2) is 36.7 Å². The van der Waals surface area contributed by atoms with Crippen molar-refractivity contribution in [3.63, 3.8) is 0 Å². The van der Waals surface area contributed by atoms with Crippen LogP contribution in [0.25, 0.3) is 0 Å². The Labute approximate surface area is 109 Å². The third kappa shape index (κ3) is 2.68. The Kier molecular flexibility index (Phi) is 3.48.